The molecule has 3 rings (SSSR count). The molecular formula is C23H30N4O2. The first-order valence-corrected chi connectivity index (χ1v) is 10.4. The van der Waals surface area contributed by atoms with E-state index in [1.807, 2.05) is 29.3 Å². The lowest BCUT2D eigenvalue weighted by atomic mass is 10.1. The number of hydrogen-bond acceptors (Lipinski definition) is 4. The highest BCUT2D eigenvalue weighted by Crippen LogP contribution is 2.12. The van der Waals surface area contributed by atoms with Crippen LogP contribution < -0.4 is 5.32 Å². The van der Waals surface area contributed by atoms with Crippen LogP contribution in [0.1, 0.15) is 30.9 Å². The fraction of sp³-hybridized carbons (Fsp3) is 0.435. The summed E-state index contributed by atoms with van der Waals surface area (Å²) in [6.45, 7) is 5.98. The second-order valence-corrected chi connectivity index (χ2v) is 7.57. The number of nitrogens with zero attached hydrogens (tertiary/aromatic N) is 3. The lowest BCUT2D eigenvalue weighted by molar-refractivity contribution is -0.133. The van der Waals surface area contributed by atoms with Crippen LogP contribution in [0.25, 0.3) is 0 Å². The van der Waals surface area contributed by atoms with E-state index in [9.17, 15) is 9.59 Å². The van der Waals surface area contributed by atoms with E-state index in [0.29, 0.717) is 6.42 Å². The van der Waals surface area contributed by atoms with Crippen LogP contribution >= 0.6 is 0 Å². The van der Waals surface area contributed by atoms with Crippen LogP contribution in [0.5, 0.6) is 0 Å². The van der Waals surface area contributed by atoms with Crippen LogP contribution in [0.2, 0.25) is 0 Å². The van der Waals surface area contributed by atoms with Crippen LogP contribution in [0.4, 0.5) is 5.69 Å². The van der Waals surface area contributed by atoms with Crippen LogP contribution in [0, 0.1) is 0 Å². The van der Waals surface area contributed by atoms with E-state index in [1.165, 1.54) is 18.1 Å². The summed E-state index contributed by atoms with van der Waals surface area (Å²) in [6, 6.07) is 12.0. The monoisotopic (exact) mass is 394 g/mol. The first-order chi connectivity index (χ1) is 14.1. The summed E-state index contributed by atoms with van der Waals surface area (Å²) in [5.41, 5.74) is 3.28. The molecule has 1 aromatic heterocycles. The van der Waals surface area contributed by atoms with Crippen LogP contribution in [-0.2, 0) is 22.4 Å². The Bertz CT molecular complexity index is 784. The smallest absolute Gasteiger partial charge is 0.222 e. The Morgan fingerprint density at radius 1 is 1.00 bits per heavy atom. The summed E-state index contributed by atoms with van der Waals surface area (Å²) in [4.78, 5) is 32.1. The van der Waals surface area contributed by atoms with Crippen molar-refractivity contribution in [2.75, 3.05) is 38.0 Å². The van der Waals surface area contributed by atoms with Crippen molar-refractivity contribution in [3.05, 3.63) is 59.9 Å². The molecule has 0 saturated carbocycles. The van der Waals surface area contributed by atoms with Gasteiger partial charge >= 0.3 is 0 Å². The Balaban J connectivity index is 1.33. The first kappa shape index (κ1) is 21.0. The number of anilines is 1. The lowest BCUT2D eigenvalue weighted by Crippen LogP contribution is -2.49. The third-order valence-electron chi connectivity index (χ3n) is 5.29. The summed E-state index contributed by atoms with van der Waals surface area (Å²) in [5, 5.41) is 2.79. The Morgan fingerprint density at radius 3 is 2.41 bits per heavy atom. The number of carbonyl (C=O) groups excluding carboxylic acids is 2. The maximum atomic E-state index is 12.4. The van der Waals surface area contributed by atoms with Crippen molar-refractivity contribution in [3.63, 3.8) is 0 Å². The molecule has 6 heteroatoms. The number of piperazine rings is 1. The van der Waals surface area contributed by atoms with Gasteiger partial charge in [-0.2, -0.15) is 0 Å². The van der Waals surface area contributed by atoms with Crippen molar-refractivity contribution in [3.8, 4) is 0 Å². The van der Waals surface area contributed by atoms with Crippen molar-refractivity contribution in [1.29, 1.82) is 0 Å². The molecule has 2 aromatic rings. The van der Waals surface area contributed by atoms with Crippen LogP contribution in [0.15, 0.2) is 48.8 Å². The van der Waals surface area contributed by atoms with E-state index in [1.54, 1.807) is 6.20 Å². The number of aryl methyl sites for hydroxylation is 1. The molecule has 1 aromatic carbocycles. The largest absolute Gasteiger partial charge is 0.340 e. The van der Waals surface area contributed by atoms with Gasteiger partial charge in [0, 0.05) is 64.1 Å². The number of nitrogens with one attached hydrogen (secondary N) is 1. The molecule has 0 radical (unpaired) electrons. The molecule has 1 saturated heterocycles. The van der Waals surface area contributed by atoms with Gasteiger partial charge in [-0.05, 0) is 48.6 Å². The number of pyridine rings is 1. The quantitative estimate of drug-likeness (QED) is 0.748. The minimum atomic E-state index is -0.0535. The number of benzene rings is 1. The summed E-state index contributed by atoms with van der Waals surface area (Å²) >= 11 is 0. The summed E-state index contributed by atoms with van der Waals surface area (Å²) in [6.07, 6.45) is 7.00. The van der Waals surface area contributed by atoms with Crippen molar-refractivity contribution in [2.24, 2.45) is 0 Å². The van der Waals surface area contributed by atoms with E-state index in [4.69, 9.17) is 0 Å². The van der Waals surface area contributed by atoms with Gasteiger partial charge in [-0.3, -0.25) is 19.5 Å². The Morgan fingerprint density at radius 2 is 1.76 bits per heavy atom. The first-order valence-electron chi connectivity index (χ1n) is 10.4. The lowest BCUT2D eigenvalue weighted by Gasteiger charge is -2.34. The molecule has 0 bridgehead atoms. The molecule has 0 unspecified atom stereocenters. The zero-order chi connectivity index (χ0) is 20.5. The molecule has 0 atom stereocenters. The minimum absolute atomic E-state index is 0.0535. The average molecular weight is 395 g/mol. The normalized spacial score (nSPS) is 14.6. The van der Waals surface area contributed by atoms with Crippen LogP contribution in [0.3, 0.4) is 0 Å². The van der Waals surface area contributed by atoms with Crippen molar-refractivity contribution >= 4 is 17.5 Å². The van der Waals surface area contributed by atoms with E-state index in [-0.39, 0.29) is 11.8 Å². The molecule has 154 valence electrons. The van der Waals surface area contributed by atoms with Crippen molar-refractivity contribution in [1.82, 2.24) is 14.8 Å². The van der Waals surface area contributed by atoms with Gasteiger partial charge in [0.05, 0.1) is 0 Å². The third-order valence-corrected chi connectivity index (χ3v) is 5.29. The fourth-order valence-corrected chi connectivity index (χ4v) is 3.61. The van der Waals surface area contributed by atoms with Crippen LogP contribution in [-0.4, -0.2) is 59.3 Å². The van der Waals surface area contributed by atoms with Gasteiger partial charge in [0.15, 0.2) is 0 Å². The Labute approximate surface area is 172 Å². The number of amides is 2. The number of rotatable bonds is 8. The highest BCUT2D eigenvalue weighted by molar-refractivity contribution is 5.88. The molecule has 1 aliphatic heterocycles. The molecule has 2 heterocycles. The van der Waals surface area contributed by atoms with Crippen molar-refractivity contribution in [2.45, 2.75) is 32.6 Å². The fourth-order valence-electron chi connectivity index (χ4n) is 3.61. The predicted molar refractivity (Wildman–Crippen MR) is 115 cm³/mol. The topological polar surface area (TPSA) is 65.5 Å². The van der Waals surface area contributed by atoms with E-state index >= 15 is 0 Å². The number of carbonyl (C=O) groups is 2. The molecule has 2 amide bonds. The molecule has 0 aliphatic carbocycles. The van der Waals surface area contributed by atoms with Gasteiger partial charge in [0.25, 0.3) is 0 Å². The molecule has 1 fully saturated rings. The molecule has 0 spiro atoms. The zero-order valence-corrected chi connectivity index (χ0v) is 17.1. The summed E-state index contributed by atoms with van der Waals surface area (Å²) in [7, 11) is 0. The number of aromatic nitrogens is 1. The van der Waals surface area contributed by atoms with Crippen molar-refractivity contribution < 1.29 is 9.59 Å². The summed E-state index contributed by atoms with van der Waals surface area (Å²) in [5.74, 6) is 0.212. The SMILES string of the molecule is CC(=O)Nc1ccc(CCN2CCN(C(=O)CCCc3cccnc3)CC2)cc1. The molecule has 1 N–H and O–H groups in total. The highest BCUT2D eigenvalue weighted by atomic mass is 16.2. The van der Waals surface area contributed by atoms with Gasteiger partial charge in [-0.1, -0.05) is 18.2 Å². The average Bonchev–Trinajstić information content (AvgIpc) is 2.74. The van der Waals surface area contributed by atoms with E-state index in [0.717, 1.165) is 57.7 Å². The van der Waals surface area contributed by atoms with Gasteiger partial charge < -0.3 is 10.2 Å². The van der Waals surface area contributed by atoms with E-state index < -0.39 is 0 Å². The Kier molecular flexibility index (Phi) is 7.76. The van der Waals surface area contributed by atoms with Gasteiger partial charge in [-0.15, -0.1) is 0 Å². The standard InChI is InChI=1S/C23H30N4O2/c1-19(28)25-22-9-7-20(8-10-22)11-13-26-14-16-27(17-15-26)23(29)6-2-4-21-5-3-12-24-18-21/h3,5,7-10,12,18H,2,4,6,11,13-17H2,1H3,(H,25,28). The van der Waals surface area contributed by atoms with Gasteiger partial charge in [0.2, 0.25) is 11.8 Å². The van der Waals surface area contributed by atoms with Gasteiger partial charge in [-0.25, -0.2) is 0 Å². The maximum absolute atomic E-state index is 12.4. The molecule has 29 heavy (non-hydrogen) atoms. The Hall–Kier alpha value is -2.73. The number of hydrogen-bond donors (Lipinski definition) is 1. The summed E-state index contributed by atoms with van der Waals surface area (Å²) < 4.78 is 0. The predicted octanol–water partition coefficient (Wildman–Crippen LogP) is 2.75. The molecular weight excluding hydrogens is 364 g/mol. The minimum Gasteiger partial charge on any atom is -0.340 e. The second kappa shape index (κ2) is 10.7. The highest BCUT2D eigenvalue weighted by Gasteiger charge is 2.20. The second-order valence-electron chi connectivity index (χ2n) is 7.57. The third kappa shape index (κ3) is 6.98. The molecule has 6 nitrogen and oxygen atoms in total. The van der Waals surface area contributed by atoms with Gasteiger partial charge in [0.1, 0.15) is 0 Å². The van der Waals surface area contributed by atoms with E-state index in [2.05, 4.69) is 33.4 Å². The zero-order valence-electron chi connectivity index (χ0n) is 17.1. The maximum Gasteiger partial charge on any atom is 0.222 e. The molecule has 1 aliphatic rings.